The highest BCUT2D eigenvalue weighted by molar-refractivity contribution is 7.15. The molecule has 1 aromatic heterocycles. The van der Waals surface area contributed by atoms with E-state index in [1.54, 1.807) is 20.2 Å². The molecular formula is C10H16N4O3S. The van der Waals surface area contributed by atoms with Crippen molar-refractivity contribution < 1.29 is 9.72 Å². The maximum atomic E-state index is 11.2. The molecule has 0 aromatic carbocycles. The van der Waals surface area contributed by atoms with Crippen LogP contribution in [0.5, 0.6) is 0 Å². The van der Waals surface area contributed by atoms with Gasteiger partial charge < -0.3 is 15.5 Å². The van der Waals surface area contributed by atoms with Gasteiger partial charge in [0.05, 0.1) is 4.92 Å². The number of thiophene rings is 1. The van der Waals surface area contributed by atoms with Crippen LogP contribution in [0.3, 0.4) is 0 Å². The van der Waals surface area contributed by atoms with Crippen LogP contribution in [-0.2, 0) is 6.54 Å². The fourth-order valence-corrected chi connectivity index (χ4v) is 1.98. The standard InChI is InChI=1S/C10H16N4O3S/c1-13(2)10(15)12-6-5-11-7-8-3-4-9(18-8)14(16)17/h3-4,11H,5-7H2,1-2H3,(H,12,15). The van der Waals surface area contributed by atoms with Crippen molar-refractivity contribution in [1.29, 1.82) is 0 Å². The van der Waals surface area contributed by atoms with E-state index in [-0.39, 0.29) is 11.0 Å². The van der Waals surface area contributed by atoms with Crippen molar-refractivity contribution in [2.24, 2.45) is 0 Å². The molecule has 0 aliphatic heterocycles. The summed E-state index contributed by atoms with van der Waals surface area (Å²) in [6.07, 6.45) is 0. The third kappa shape index (κ3) is 4.68. The number of rotatable bonds is 6. The van der Waals surface area contributed by atoms with Crippen LogP contribution in [0, 0.1) is 10.1 Å². The zero-order chi connectivity index (χ0) is 13.5. The van der Waals surface area contributed by atoms with Gasteiger partial charge in [-0.3, -0.25) is 10.1 Å². The van der Waals surface area contributed by atoms with Gasteiger partial charge in [-0.15, -0.1) is 0 Å². The second-order valence-electron chi connectivity index (χ2n) is 3.80. The molecule has 0 aliphatic carbocycles. The van der Waals surface area contributed by atoms with Crippen LogP contribution in [0.15, 0.2) is 12.1 Å². The summed E-state index contributed by atoms with van der Waals surface area (Å²) in [6.45, 7) is 1.70. The molecule has 8 heteroatoms. The minimum absolute atomic E-state index is 0.136. The molecule has 0 radical (unpaired) electrons. The van der Waals surface area contributed by atoms with E-state index in [9.17, 15) is 14.9 Å². The summed E-state index contributed by atoms with van der Waals surface area (Å²) >= 11 is 1.15. The van der Waals surface area contributed by atoms with Crippen molar-refractivity contribution in [3.8, 4) is 0 Å². The quantitative estimate of drug-likeness (QED) is 0.460. The molecule has 0 atom stereocenters. The minimum atomic E-state index is -0.397. The van der Waals surface area contributed by atoms with Gasteiger partial charge in [0, 0.05) is 44.7 Å². The Morgan fingerprint density at radius 2 is 2.17 bits per heavy atom. The maximum absolute atomic E-state index is 11.2. The van der Waals surface area contributed by atoms with Gasteiger partial charge in [0.15, 0.2) is 0 Å². The lowest BCUT2D eigenvalue weighted by Crippen LogP contribution is -2.38. The third-order valence-corrected chi connectivity index (χ3v) is 3.15. The number of carbonyl (C=O) groups excluding carboxylic acids is 1. The van der Waals surface area contributed by atoms with E-state index < -0.39 is 4.92 Å². The second kappa shape index (κ2) is 6.92. The first-order valence-corrected chi connectivity index (χ1v) is 6.21. The van der Waals surface area contributed by atoms with E-state index in [2.05, 4.69) is 10.6 Å². The highest BCUT2D eigenvalue weighted by Gasteiger charge is 2.08. The molecule has 0 saturated carbocycles. The van der Waals surface area contributed by atoms with Crippen molar-refractivity contribution in [3.63, 3.8) is 0 Å². The maximum Gasteiger partial charge on any atom is 0.324 e. The average molecular weight is 272 g/mol. The Kier molecular flexibility index (Phi) is 5.53. The second-order valence-corrected chi connectivity index (χ2v) is 4.95. The molecule has 0 fully saturated rings. The van der Waals surface area contributed by atoms with Crippen LogP contribution in [-0.4, -0.2) is 43.0 Å². The van der Waals surface area contributed by atoms with Gasteiger partial charge in [-0.05, 0) is 6.07 Å². The van der Waals surface area contributed by atoms with Crippen LogP contribution < -0.4 is 10.6 Å². The summed E-state index contributed by atoms with van der Waals surface area (Å²) in [6, 6.07) is 3.09. The number of nitrogens with one attached hydrogen (secondary N) is 2. The molecular weight excluding hydrogens is 256 g/mol. The monoisotopic (exact) mass is 272 g/mol. The summed E-state index contributed by atoms with van der Waals surface area (Å²) in [4.78, 5) is 23.6. The summed E-state index contributed by atoms with van der Waals surface area (Å²) in [7, 11) is 3.35. The van der Waals surface area contributed by atoms with Crippen LogP contribution in [0.2, 0.25) is 0 Å². The number of amides is 2. The molecule has 2 N–H and O–H groups in total. The van der Waals surface area contributed by atoms with E-state index in [1.807, 2.05) is 0 Å². The van der Waals surface area contributed by atoms with Crippen molar-refractivity contribution >= 4 is 22.4 Å². The molecule has 7 nitrogen and oxygen atoms in total. The summed E-state index contributed by atoms with van der Waals surface area (Å²) < 4.78 is 0. The number of carbonyl (C=O) groups is 1. The first kappa shape index (κ1) is 14.4. The minimum Gasteiger partial charge on any atom is -0.337 e. The SMILES string of the molecule is CN(C)C(=O)NCCNCc1ccc([N+](=O)[O-])s1. The van der Waals surface area contributed by atoms with Crippen LogP contribution in [0.25, 0.3) is 0 Å². The highest BCUT2D eigenvalue weighted by Crippen LogP contribution is 2.23. The summed E-state index contributed by atoms with van der Waals surface area (Å²) in [5.41, 5.74) is 0. The van der Waals surface area contributed by atoms with Gasteiger partial charge in [0.1, 0.15) is 0 Å². The van der Waals surface area contributed by atoms with E-state index in [1.165, 1.54) is 11.0 Å². The van der Waals surface area contributed by atoms with Crippen LogP contribution >= 0.6 is 11.3 Å². The molecule has 1 aromatic rings. The smallest absolute Gasteiger partial charge is 0.324 e. The van der Waals surface area contributed by atoms with E-state index in [0.29, 0.717) is 19.6 Å². The molecule has 1 heterocycles. The molecule has 0 unspecified atom stereocenters. The number of nitrogens with zero attached hydrogens (tertiary/aromatic N) is 2. The third-order valence-electron chi connectivity index (χ3n) is 2.11. The van der Waals surface area contributed by atoms with Gasteiger partial charge in [0.2, 0.25) is 0 Å². The molecule has 0 aliphatic rings. The Morgan fingerprint density at radius 1 is 1.44 bits per heavy atom. The van der Waals surface area contributed by atoms with Crippen molar-refractivity contribution in [2.75, 3.05) is 27.2 Å². The van der Waals surface area contributed by atoms with E-state index in [4.69, 9.17) is 0 Å². The molecule has 1 rings (SSSR count). The Balaban J connectivity index is 2.18. The number of urea groups is 1. The molecule has 0 spiro atoms. The fraction of sp³-hybridized carbons (Fsp3) is 0.500. The molecule has 0 bridgehead atoms. The number of nitro groups is 1. The van der Waals surface area contributed by atoms with E-state index in [0.717, 1.165) is 16.2 Å². The first-order valence-electron chi connectivity index (χ1n) is 5.39. The van der Waals surface area contributed by atoms with Gasteiger partial charge in [0.25, 0.3) is 0 Å². The Morgan fingerprint density at radius 3 is 2.72 bits per heavy atom. The zero-order valence-corrected chi connectivity index (χ0v) is 11.1. The molecule has 0 saturated heterocycles. The van der Waals surface area contributed by atoms with Gasteiger partial charge in [-0.25, -0.2) is 4.79 Å². The lowest BCUT2D eigenvalue weighted by atomic mass is 10.4. The topological polar surface area (TPSA) is 87.5 Å². The predicted octanol–water partition coefficient (Wildman–Crippen LogP) is 1.02. The van der Waals surface area contributed by atoms with Gasteiger partial charge in [-0.2, -0.15) is 0 Å². The molecule has 2 amide bonds. The van der Waals surface area contributed by atoms with Crippen molar-refractivity contribution in [3.05, 3.63) is 27.1 Å². The molecule has 18 heavy (non-hydrogen) atoms. The Hall–Kier alpha value is -1.67. The Labute approximate surface area is 109 Å². The van der Waals surface area contributed by atoms with E-state index >= 15 is 0 Å². The van der Waals surface area contributed by atoms with Gasteiger partial charge in [-0.1, -0.05) is 11.3 Å². The number of hydrogen-bond acceptors (Lipinski definition) is 5. The first-order chi connectivity index (χ1) is 8.50. The lowest BCUT2D eigenvalue weighted by molar-refractivity contribution is -0.380. The van der Waals surface area contributed by atoms with Crippen LogP contribution in [0.4, 0.5) is 9.80 Å². The molecule has 100 valence electrons. The largest absolute Gasteiger partial charge is 0.337 e. The predicted molar refractivity (Wildman–Crippen MR) is 69.8 cm³/mol. The number of hydrogen-bond donors (Lipinski definition) is 2. The van der Waals surface area contributed by atoms with Gasteiger partial charge >= 0.3 is 11.0 Å². The summed E-state index contributed by atoms with van der Waals surface area (Å²) in [5.74, 6) is 0. The lowest BCUT2D eigenvalue weighted by Gasteiger charge is -2.11. The average Bonchev–Trinajstić information content (AvgIpc) is 2.77. The fourth-order valence-electron chi connectivity index (χ4n) is 1.19. The zero-order valence-electron chi connectivity index (χ0n) is 10.3. The van der Waals surface area contributed by atoms with Crippen LogP contribution in [0.1, 0.15) is 4.88 Å². The van der Waals surface area contributed by atoms with Crippen molar-refractivity contribution in [1.82, 2.24) is 15.5 Å². The van der Waals surface area contributed by atoms with Crippen molar-refractivity contribution in [2.45, 2.75) is 6.54 Å². The Bertz CT molecular complexity index is 419. The highest BCUT2D eigenvalue weighted by atomic mass is 32.1. The summed E-state index contributed by atoms with van der Waals surface area (Å²) in [5, 5.41) is 16.4. The normalized spacial score (nSPS) is 10.1.